The summed E-state index contributed by atoms with van der Waals surface area (Å²) in [4.78, 5) is 2.53. The van der Waals surface area contributed by atoms with E-state index in [9.17, 15) is 0 Å². The number of benzene rings is 1. The molecule has 0 bridgehead atoms. The van der Waals surface area contributed by atoms with E-state index in [1.165, 1.54) is 9.80 Å². The zero-order valence-electron chi connectivity index (χ0n) is 12.4. The van der Waals surface area contributed by atoms with E-state index in [0.717, 1.165) is 0 Å². The van der Waals surface area contributed by atoms with Crippen LogP contribution >= 0.6 is 11.8 Å². The van der Waals surface area contributed by atoms with Gasteiger partial charge in [0.05, 0.1) is 8.07 Å². The number of allylic oxidation sites excluding steroid dienone is 1. The van der Waals surface area contributed by atoms with Crippen LogP contribution in [0.4, 0.5) is 0 Å². The van der Waals surface area contributed by atoms with E-state index in [0.29, 0.717) is 5.04 Å². The summed E-state index contributed by atoms with van der Waals surface area (Å²) in [6.45, 7) is 13.9. The van der Waals surface area contributed by atoms with Gasteiger partial charge in [0.25, 0.3) is 0 Å². The predicted molar refractivity (Wildman–Crippen MR) is 86.8 cm³/mol. The van der Waals surface area contributed by atoms with Crippen molar-refractivity contribution in [1.82, 2.24) is 0 Å². The Bertz CT molecular complexity index is 446. The van der Waals surface area contributed by atoms with E-state index in [-0.39, 0.29) is 0 Å². The molecule has 0 aliphatic carbocycles. The predicted octanol–water partition coefficient (Wildman–Crippen LogP) is 5.89. The highest BCUT2D eigenvalue weighted by molar-refractivity contribution is 8.03. The van der Waals surface area contributed by atoms with Crippen LogP contribution in [-0.2, 0) is 0 Å². The highest BCUT2D eigenvalue weighted by Gasteiger charge is 2.32. The van der Waals surface area contributed by atoms with Crippen LogP contribution in [0.5, 0.6) is 0 Å². The molecule has 1 aromatic carbocycles. The molecule has 1 aromatic rings. The van der Waals surface area contributed by atoms with Gasteiger partial charge in [-0.15, -0.1) is 5.73 Å². The minimum Gasteiger partial charge on any atom is -0.119 e. The quantitative estimate of drug-likeness (QED) is 0.377. The maximum absolute atomic E-state index is 3.49. The van der Waals surface area contributed by atoms with Crippen LogP contribution in [0.1, 0.15) is 27.7 Å². The average molecular weight is 277 g/mol. The molecule has 0 unspecified atom stereocenters. The lowest BCUT2D eigenvalue weighted by Gasteiger charge is -2.33. The second kappa shape index (κ2) is 5.97. The molecule has 0 saturated carbocycles. The molecule has 1 rings (SSSR count). The smallest absolute Gasteiger partial charge is 0.0865 e. The van der Waals surface area contributed by atoms with Gasteiger partial charge in [-0.05, 0) is 24.1 Å². The Morgan fingerprint density at radius 2 is 1.72 bits per heavy atom. The van der Waals surface area contributed by atoms with Gasteiger partial charge in [0.2, 0.25) is 0 Å². The van der Waals surface area contributed by atoms with Crippen molar-refractivity contribution in [3.8, 4) is 0 Å². The van der Waals surface area contributed by atoms with Crippen LogP contribution < -0.4 is 0 Å². The van der Waals surface area contributed by atoms with Crippen molar-refractivity contribution < 1.29 is 0 Å². The summed E-state index contributed by atoms with van der Waals surface area (Å²) in [6.07, 6.45) is 0. The first-order chi connectivity index (χ1) is 8.22. The van der Waals surface area contributed by atoms with Crippen LogP contribution in [0.2, 0.25) is 18.1 Å². The summed E-state index contributed by atoms with van der Waals surface area (Å²) < 4.78 is 0. The van der Waals surface area contributed by atoms with E-state index >= 15 is 0 Å². The fourth-order valence-electron chi connectivity index (χ4n) is 1.19. The van der Waals surface area contributed by atoms with Crippen molar-refractivity contribution in [2.45, 2.75) is 50.7 Å². The molecule has 0 saturated heterocycles. The number of thioether (sulfide) groups is 1. The highest BCUT2D eigenvalue weighted by atomic mass is 32.2. The van der Waals surface area contributed by atoms with Crippen LogP contribution in [0, 0.1) is 0 Å². The summed E-state index contributed by atoms with van der Waals surface area (Å²) in [5.41, 5.74) is 5.84. The molecule has 0 N–H and O–H groups in total. The molecule has 0 aromatic heterocycles. The first-order valence-corrected chi connectivity index (χ1v) is 10.3. The van der Waals surface area contributed by atoms with Gasteiger partial charge in [0.1, 0.15) is 0 Å². The SMILES string of the molecule is CC(=C=C[Si](C)(C)C(C)(C)C)Sc1ccccc1. The van der Waals surface area contributed by atoms with E-state index in [1.54, 1.807) is 11.8 Å². The van der Waals surface area contributed by atoms with E-state index in [1.807, 2.05) is 0 Å². The van der Waals surface area contributed by atoms with Crippen molar-refractivity contribution >= 4 is 19.8 Å². The zero-order chi connectivity index (χ0) is 13.8. The van der Waals surface area contributed by atoms with E-state index in [2.05, 4.69) is 82.6 Å². The number of rotatable bonds is 3. The van der Waals surface area contributed by atoms with Gasteiger partial charge in [-0.25, -0.2) is 0 Å². The zero-order valence-corrected chi connectivity index (χ0v) is 14.2. The molecular formula is C16H24SSi. The fourth-order valence-corrected chi connectivity index (χ4v) is 3.07. The normalized spacial score (nSPS) is 11.9. The first kappa shape index (κ1) is 15.4. The van der Waals surface area contributed by atoms with Crippen LogP contribution in [0.3, 0.4) is 0 Å². The molecular weight excluding hydrogens is 252 g/mol. The molecule has 0 fully saturated rings. The second-order valence-electron chi connectivity index (χ2n) is 6.23. The van der Waals surface area contributed by atoms with Crippen LogP contribution in [-0.4, -0.2) is 8.07 Å². The topological polar surface area (TPSA) is 0 Å². The molecule has 0 heterocycles. The van der Waals surface area contributed by atoms with Crippen molar-refractivity contribution in [3.63, 3.8) is 0 Å². The summed E-state index contributed by atoms with van der Waals surface area (Å²) in [5, 5.41) is 0.387. The Kier molecular flexibility index (Phi) is 5.09. The number of hydrogen-bond donors (Lipinski definition) is 0. The lowest BCUT2D eigenvalue weighted by atomic mass is 10.2. The number of hydrogen-bond acceptors (Lipinski definition) is 1. The second-order valence-corrected chi connectivity index (χ2v) is 12.8. The molecule has 0 amide bonds. The Morgan fingerprint density at radius 1 is 1.17 bits per heavy atom. The van der Waals surface area contributed by atoms with Gasteiger partial charge in [0.15, 0.2) is 0 Å². The summed E-state index contributed by atoms with van der Waals surface area (Å²) in [6, 6.07) is 10.5. The van der Waals surface area contributed by atoms with Gasteiger partial charge in [-0.3, -0.25) is 0 Å². The molecule has 0 spiro atoms. The lowest BCUT2D eigenvalue weighted by Crippen LogP contribution is -2.34. The van der Waals surface area contributed by atoms with Crippen molar-refractivity contribution in [3.05, 3.63) is 46.7 Å². The summed E-state index contributed by atoms with van der Waals surface area (Å²) in [7, 11) is -1.36. The molecule has 2 heteroatoms. The van der Waals surface area contributed by atoms with E-state index in [4.69, 9.17) is 0 Å². The Labute approximate surface area is 117 Å². The third kappa shape index (κ3) is 4.53. The van der Waals surface area contributed by atoms with Gasteiger partial charge < -0.3 is 0 Å². The van der Waals surface area contributed by atoms with Gasteiger partial charge in [-0.1, -0.05) is 69.5 Å². The van der Waals surface area contributed by atoms with Crippen LogP contribution in [0.25, 0.3) is 0 Å². The molecule has 98 valence electrons. The molecule has 0 aliphatic heterocycles. The van der Waals surface area contributed by atoms with E-state index < -0.39 is 8.07 Å². The lowest BCUT2D eigenvalue weighted by molar-refractivity contribution is 0.729. The van der Waals surface area contributed by atoms with Crippen molar-refractivity contribution in [2.75, 3.05) is 0 Å². The van der Waals surface area contributed by atoms with Crippen molar-refractivity contribution in [2.24, 2.45) is 0 Å². The van der Waals surface area contributed by atoms with Gasteiger partial charge >= 0.3 is 0 Å². The molecule has 18 heavy (non-hydrogen) atoms. The Morgan fingerprint density at radius 3 is 2.22 bits per heavy atom. The maximum Gasteiger partial charge on any atom is 0.0865 e. The Hall–Kier alpha value is -0.693. The average Bonchev–Trinajstić information content (AvgIpc) is 2.26. The molecule has 0 atom stereocenters. The molecule has 0 aliphatic rings. The highest BCUT2D eigenvalue weighted by Crippen LogP contribution is 2.36. The third-order valence-corrected chi connectivity index (χ3v) is 9.25. The minimum absolute atomic E-state index is 0.387. The summed E-state index contributed by atoms with van der Waals surface area (Å²) >= 11 is 1.79. The molecule has 0 nitrogen and oxygen atoms in total. The van der Waals surface area contributed by atoms with Gasteiger partial charge in [-0.2, -0.15) is 0 Å². The molecule has 0 radical (unpaired) electrons. The van der Waals surface area contributed by atoms with Crippen LogP contribution in [0.15, 0.2) is 51.6 Å². The standard InChI is InChI=1S/C16H24SSi/c1-14(17-15-10-8-7-9-11-15)12-13-18(5,6)16(2,3)4/h7-11,13H,1-6H3. The fraction of sp³-hybridized carbons (Fsp3) is 0.438. The summed E-state index contributed by atoms with van der Waals surface area (Å²) in [5.74, 6) is 0. The van der Waals surface area contributed by atoms with Crippen molar-refractivity contribution in [1.29, 1.82) is 0 Å². The third-order valence-electron chi connectivity index (χ3n) is 3.58. The maximum atomic E-state index is 3.49. The monoisotopic (exact) mass is 276 g/mol. The minimum atomic E-state index is -1.36. The first-order valence-electron chi connectivity index (χ1n) is 6.40. The largest absolute Gasteiger partial charge is 0.119 e. The van der Waals surface area contributed by atoms with Gasteiger partial charge in [0, 0.05) is 9.80 Å². The Balaban J connectivity index is 2.84.